The number of aromatic amines is 1. The number of fused-ring (bicyclic) bond motifs is 1. The summed E-state index contributed by atoms with van der Waals surface area (Å²) in [6, 6.07) is 3.74. The van der Waals surface area contributed by atoms with Gasteiger partial charge in [-0.1, -0.05) is 0 Å². The summed E-state index contributed by atoms with van der Waals surface area (Å²) in [5.41, 5.74) is 1.64. The van der Waals surface area contributed by atoms with Gasteiger partial charge in [0.1, 0.15) is 0 Å². The molecule has 1 saturated heterocycles. The summed E-state index contributed by atoms with van der Waals surface area (Å²) in [6.45, 7) is 1.83. The lowest BCUT2D eigenvalue weighted by Gasteiger charge is -2.21. The number of aromatic nitrogens is 1. The Hall–Kier alpha value is -2.01. The SMILES string of the molecule is COc1cc2[nH]cc(C(=O)C3CCNCC3)c2cc1OC. The van der Waals surface area contributed by atoms with Crippen LogP contribution in [0.4, 0.5) is 0 Å². The predicted octanol–water partition coefficient (Wildman–Crippen LogP) is 2.37. The largest absolute Gasteiger partial charge is 0.493 e. The molecule has 0 saturated carbocycles. The van der Waals surface area contributed by atoms with Crippen molar-refractivity contribution >= 4 is 16.7 Å². The normalized spacial score (nSPS) is 16.1. The molecule has 1 aliphatic rings. The molecule has 3 rings (SSSR count). The summed E-state index contributed by atoms with van der Waals surface area (Å²) < 4.78 is 10.6. The molecule has 2 heterocycles. The Morgan fingerprint density at radius 1 is 1.14 bits per heavy atom. The van der Waals surface area contributed by atoms with E-state index in [2.05, 4.69) is 10.3 Å². The Kier molecular flexibility index (Phi) is 3.84. The van der Waals surface area contributed by atoms with E-state index in [9.17, 15) is 4.79 Å². The molecule has 0 radical (unpaired) electrons. The number of methoxy groups -OCH3 is 2. The van der Waals surface area contributed by atoms with Crippen LogP contribution in [0.1, 0.15) is 23.2 Å². The molecule has 0 amide bonds. The molecule has 5 heteroatoms. The van der Waals surface area contributed by atoms with Gasteiger partial charge >= 0.3 is 0 Å². The number of piperidine rings is 1. The summed E-state index contributed by atoms with van der Waals surface area (Å²) in [4.78, 5) is 15.9. The smallest absolute Gasteiger partial charge is 0.168 e. The van der Waals surface area contributed by atoms with Crippen molar-refractivity contribution in [1.29, 1.82) is 0 Å². The number of ether oxygens (including phenoxy) is 2. The highest BCUT2D eigenvalue weighted by molar-refractivity contribution is 6.09. The van der Waals surface area contributed by atoms with E-state index in [4.69, 9.17) is 9.47 Å². The summed E-state index contributed by atoms with van der Waals surface area (Å²) >= 11 is 0. The first-order valence-electron chi connectivity index (χ1n) is 7.22. The zero-order valence-corrected chi connectivity index (χ0v) is 12.4. The molecule has 1 fully saturated rings. The number of hydrogen-bond donors (Lipinski definition) is 2. The molecule has 0 spiro atoms. The fourth-order valence-electron chi connectivity index (χ4n) is 2.96. The van der Waals surface area contributed by atoms with Crippen LogP contribution >= 0.6 is 0 Å². The zero-order valence-electron chi connectivity index (χ0n) is 12.4. The van der Waals surface area contributed by atoms with Crippen molar-refractivity contribution in [2.75, 3.05) is 27.3 Å². The van der Waals surface area contributed by atoms with Crippen molar-refractivity contribution < 1.29 is 14.3 Å². The number of Topliss-reactive ketones (excluding diaryl/α,β-unsaturated/α-hetero) is 1. The van der Waals surface area contributed by atoms with Crippen LogP contribution < -0.4 is 14.8 Å². The lowest BCUT2D eigenvalue weighted by molar-refractivity contribution is 0.0897. The van der Waals surface area contributed by atoms with E-state index in [0.29, 0.717) is 11.5 Å². The second-order valence-corrected chi connectivity index (χ2v) is 5.34. The van der Waals surface area contributed by atoms with Crippen LogP contribution in [0, 0.1) is 5.92 Å². The number of hydrogen-bond acceptors (Lipinski definition) is 4. The Morgan fingerprint density at radius 3 is 2.48 bits per heavy atom. The van der Waals surface area contributed by atoms with E-state index in [0.717, 1.165) is 42.4 Å². The minimum atomic E-state index is 0.110. The highest BCUT2D eigenvalue weighted by atomic mass is 16.5. The molecule has 0 atom stereocenters. The minimum Gasteiger partial charge on any atom is -0.493 e. The summed E-state index contributed by atoms with van der Waals surface area (Å²) in [6.07, 6.45) is 3.60. The Morgan fingerprint density at radius 2 is 1.81 bits per heavy atom. The summed E-state index contributed by atoms with van der Waals surface area (Å²) in [5.74, 6) is 1.63. The molecule has 0 aliphatic carbocycles. The van der Waals surface area contributed by atoms with Crippen molar-refractivity contribution in [3.8, 4) is 11.5 Å². The van der Waals surface area contributed by atoms with Gasteiger partial charge in [-0.15, -0.1) is 0 Å². The van der Waals surface area contributed by atoms with E-state index in [1.807, 2.05) is 12.1 Å². The number of ketones is 1. The van der Waals surface area contributed by atoms with Crippen LogP contribution in [-0.4, -0.2) is 38.1 Å². The van der Waals surface area contributed by atoms with Crippen LogP contribution in [0.5, 0.6) is 11.5 Å². The maximum absolute atomic E-state index is 12.7. The van der Waals surface area contributed by atoms with E-state index in [-0.39, 0.29) is 11.7 Å². The molecule has 0 unspecified atom stereocenters. The molecule has 1 aromatic heterocycles. The third-order valence-corrected chi connectivity index (χ3v) is 4.16. The molecule has 1 aromatic carbocycles. The first-order chi connectivity index (χ1) is 10.2. The highest BCUT2D eigenvalue weighted by Gasteiger charge is 2.25. The molecular weight excluding hydrogens is 268 g/mol. The Bertz CT molecular complexity index is 657. The van der Waals surface area contributed by atoms with Gasteiger partial charge in [-0.2, -0.15) is 0 Å². The second-order valence-electron chi connectivity index (χ2n) is 5.34. The monoisotopic (exact) mass is 288 g/mol. The first-order valence-corrected chi connectivity index (χ1v) is 7.22. The first kappa shape index (κ1) is 13.9. The van der Waals surface area contributed by atoms with Gasteiger partial charge < -0.3 is 19.8 Å². The summed E-state index contributed by atoms with van der Waals surface area (Å²) in [5, 5.41) is 4.19. The topological polar surface area (TPSA) is 63.4 Å². The number of rotatable bonds is 4. The van der Waals surface area contributed by atoms with Crippen LogP contribution in [0.25, 0.3) is 10.9 Å². The zero-order chi connectivity index (χ0) is 14.8. The van der Waals surface area contributed by atoms with Gasteiger partial charge in [-0.25, -0.2) is 0 Å². The van der Waals surface area contributed by atoms with Gasteiger partial charge in [0.2, 0.25) is 0 Å². The van der Waals surface area contributed by atoms with E-state index in [1.165, 1.54) is 0 Å². The van der Waals surface area contributed by atoms with Crippen molar-refractivity contribution in [3.63, 3.8) is 0 Å². The molecule has 112 valence electrons. The molecule has 1 aliphatic heterocycles. The fraction of sp³-hybridized carbons (Fsp3) is 0.438. The molecular formula is C16H20N2O3. The predicted molar refractivity (Wildman–Crippen MR) is 81.3 cm³/mol. The van der Waals surface area contributed by atoms with Crippen LogP contribution in [0.2, 0.25) is 0 Å². The van der Waals surface area contributed by atoms with Crippen LogP contribution in [-0.2, 0) is 0 Å². The molecule has 2 aromatic rings. The van der Waals surface area contributed by atoms with Crippen molar-refractivity contribution in [2.45, 2.75) is 12.8 Å². The fourth-order valence-corrected chi connectivity index (χ4v) is 2.96. The van der Waals surface area contributed by atoms with Gasteiger partial charge in [-0.3, -0.25) is 4.79 Å². The standard InChI is InChI=1S/C16H20N2O3/c1-20-14-7-11-12(9-18-13(11)8-15(14)21-2)16(19)10-3-5-17-6-4-10/h7-10,17-18H,3-6H2,1-2H3. The third-order valence-electron chi connectivity index (χ3n) is 4.16. The average Bonchev–Trinajstić information content (AvgIpc) is 2.96. The van der Waals surface area contributed by atoms with E-state index >= 15 is 0 Å². The van der Waals surface area contributed by atoms with Crippen molar-refractivity contribution in [1.82, 2.24) is 10.3 Å². The number of carbonyl (C=O) groups excluding carboxylic acids is 1. The third kappa shape index (κ3) is 2.49. The molecule has 21 heavy (non-hydrogen) atoms. The van der Waals surface area contributed by atoms with Gasteiger partial charge in [0.15, 0.2) is 17.3 Å². The van der Waals surface area contributed by atoms with Crippen LogP contribution in [0.15, 0.2) is 18.3 Å². The second kappa shape index (κ2) is 5.77. The number of nitrogens with one attached hydrogen (secondary N) is 2. The van der Waals surface area contributed by atoms with Crippen molar-refractivity contribution in [3.05, 3.63) is 23.9 Å². The minimum absolute atomic E-state index is 0.110. The summed E-state index contributed by atoms with van der Waals surface area (Å²) in [7, 11) is 3.21. The quantitative estimate of drug-likeness (QED) is 0.848. The molecule has 2 N–H and O–H groups in total. The van der Waals surface area contributed by atoms with Crippen molar-refractivity contribution in [2.24, 2.45) is 5.92 Å². The maximum atomic E-state index is 12.7. The van der Waals surface area contributed by atoms with Crippen LogP contribution in [0.3, 0.4) is 0 Å². The lowest BCUT2D eigenvalue weighted by atomic mass is 9.89. The molecule has 0 bridgehead atoms. The number of carbonyl (C=O) groups is 1. The average molecular weight is 288 g/mol. The highest BCUT2D eigenvalue weighted by Crippen LogP contribution is 2.34. The van der Waals surface area contributed by atoms with E-state index < -0.39 is 0 Å². The molecule has 5 nitrogen and oxygen atoms in total. The number of benzene rings is 1. The van der Waals surface area contributed by atoms with Gasteiger partial charge in [0.05, 0.1) is 19.7 Å². The Balaban J connectivity index is 2.00. The van der Waals surface area contributed by atoms with Gasteiger partial charge in [-0.05, 0) is 32.0 Å². The van der Waals surface area contributed by atoms with Gasteiger partial charge in [0, 0.05) is 29.1 Å². The lowest BCUT2D eigenvalue weighted by Crippen LogP contribution is -2.31. The van der Waals surface area contributed by atoms with E-state index in [1.54, 1.807) is 20.4 Å². The van der Waals surface area contributed by atoms with Gasteiger partial charge in [0.25, 0.3) is 0 Å². The Labute approximate surface area is 123 Å². The maximum Gasteiger partial charge on any atom is 0.168 e. The number of H-pyrrole nitrogens is 1.